The van der Waals surface area contributed by atoms with Gasteiger partial charge in [0.25, 0.3) is 0 Å². The Kier molecular flexibility index (Phi) is 3.32. The summed E-state index contributed by atoms with van der Waals surface area (Å²) in [5.41, 5.74) is -4.27. The van der Waals surface area contributed by atoms with Gasteiger partial charge in [-0.05, 0) is 30.8 Å². The zero-order valence-electron chi connectivity index (χ0n) is 6.95. The van der Waals surface area contributed by atoms with Crippen LogP contribution in [-0.2, 0) is 0 Å². The molecule has 0 unspecified atom stereocenters. The van der Waals surface area contributed by atoms with Crippen molar-refractivity contribution in [3.8, 4) is 0 Å². The molecule has 0 amide bonds. The van der Waals surface area contributed by atoms with E-state index in [0.717, 1.165) is 12.1 Å². The SMILES string of the molecule is Cc1c(F)cc(SC(F)(F)F)cc1Cl. The smallest absolute Gasteiger partial charge is 0.207 e. The van der Waals surface area contributed by atoms with Gasteiger partial charge in [0.05, 0.1) is 0 Å². The van der Waals surface area contributed by atoms with Crippen LogP contribution in [0.5, 0.6) is 0 Å². The van der Waals surface area contributed by atoms with Crippen LogP contribution >= 0.6 is 23.4 Å². The number of hydrogen-bond donors (Lipinski definition) is 0. The van der Waals surface area contributed by atoms with Gasteiger partial charge < -0.3 is 0 Å². The van der Waals surface area contributed by atoms with Gasteiger partial charge in [0.2, 0.25) is 0 Å². The lowest BCUT2D eigenvalue weighted by Gasteiger charge is -2.07. The highest BCUT2D eigenvalue weighted by molar-refractivity contribution is 8.00. The molecule has 0 saturated carbocycles. The van der Waals surface area contributed by atoms with Gasteiger partial charge in [-0.3, -0.25) is 0 Å². The molecule has 0 N–H and O–H groups in total. The van der Waals surface area contributed by atoms with Gasteiger partial charge >= 0.3 is 5.51 Å². The Morgan fingerprint density at radius 1 is 1.29 bits per heavy atom. The van der Waals surface area contributed by atoms with Crippen LogP contribution in [0.2, 0.25) is 5.02 Å². The molecular weight excluding hydrogens is 240 g/mol. The zero-order valence-corrected chi connectivity index (χ0v) is 8.53. The monoisotopic (exact) mass is 244 g/mol. The number of thioether (sulfide) groups is 1. The van der Waals surface area contributed by atoms with Gasteiger partial charge in [0.15, 0.2) is 0 Å². The fourth-order valence-corrected chi connectivity index (χ4v) is 1.69. The van der Waals surface area contributed by atoms with Crippen LogP contribution in [0.25, 0.3) is 0 Å². The molecule has 14 heavy (non-hydrogen) atoms. The topological polar surface area (TPSA) is 0 Å². The standard InChI is InChI=1S/C8H5ClF4S/c1-4-6(9)2-5(3-7(4)10)14-8(11,12)13/h2-3H,1H3. The Morgan fingerprint density at radius 3 is 2.29 bits per heavy atom. The maximum Gasteiger partial charge on any atom is 0.446 e. The second-order valence-corrected chi connectivity index (χ2v) is 4.11. The number of benzene rings is 1. The van der Waals surface area contributed by atoms with Gasteiger partial charge in [-0.2, -0.15) is 13.2 Å². The Hall–Kier alpha value is -0.420. The van der Waals surface area contributed by atoms with E-state index in [1.165, 1.54) is 6.92 Å². The number of rotatable bonds is 1. The highest BCUT2D eigenvalue weighted by Gasteiger charge is 2.29. The minimum absolute atomic E-state index is 0.00301. The first-order valence-corrected chi connectivity index (χ1v) is 4.70. The largest absolute Gasteiger partial charge is 0.446 e. The van der Waals surface area contributed by atoms with Gasteiger partial charge in [-0.1, -0.05) is 11.6 Å². The summed E-state index contributed by atoms with van der Waals surface area (Å²) in [5, 5.41) is -0.00301. The molecule has 0 spiro atoms. The van der Waals surface area contributed by atoms with Crippen molar-refractivity contribution in [1.29, 1.82) is 0 Å². The molecule has 0 saturated heterocycles. The van der Waals surface area contributed by atoms with E-state index in [-0.39, 0.29) is 27.2 Å². The van der Waals surface area contributed by atoms with Crippen LogP contribution < -0.4 is 0 Å². The molecule has 0 fully saturated rings. The Morgan fingerprint density at radius 2 is 1.86 bits per heavy atom. The molecule has 6 heteroatoms. The van der Waals surface area contributed by atoms with E-state index in [1.54, 1.807) is 0 Å². The lowest BCUT2D eigenvalue weighted by atomic mass is 10.2. The lowest BCUT2D eigenvalue weighted by Crippen LogP contribution is -1.99. The number of hydrogen-bond acceptors (Lipinski definition) is 1. The van der Waals surface area contributed by atoms with Gasteiger partial charge in [0.1, 0.15) is 5.82 Å². The third-order valence-electron chi connectivity index (χ3n) is 1.49. The molecule has 1 aromatic carbocycles. The minimum atomic E-state index is -4.43. The summed E-state index contributed by atoms with van der Waals surface area (Å²) in [7, 11) is 0. The summed E-state index contributed by atoms with van der Waals surface area (Å²) in [5.74, 6) is -0.732. The average molecular weight is 245 g/mol. The van der Waals surface area contributed by atoms with E-state index in [0.29, 0.717) is 0 Å². The first-order valence-electron chi connectivity index (χ1n) is 3.51. The van der Waals surface area contributed by atoms with Crippen LogP contribution in [0.3, 0.4) is 0 Å². The average Bonchev–Trinajstić information content (AvgIpc) is 1.96. The molecule has 0 radical (unpaired) electrons. The first kappa shape index (κ1) is 11.7. The van der Waals surface area contributed by atoms with Crippen molar-refractivity contribution in [2.75, 3.05) is 0 Å². The zero-order chi connectivity index (χ0) is 10.9. The summed E-state index contributed by atoms with van der Waals surface area (Å²) in [6.07, 6.45) is 0. The van der Waals surface area contributed by atoms with E-state index in [1.807, 2.05) is 0 Å². The third kappa shape index (κ3) is 3.06. The van der Waals surface area contributed by atoms with E-state index >= 15 is 0 Å². The Balaban J connectivity index is 3.02. The summed E-state index contributed by atoms with van der Waals surface area (Å²) in [6, 6.07) is 1.91. The second-order valence-electron chi connectivity index (χ2n) is 2.56. The van der Waals surface area contributed by atoms with E-state index in [4.69, 9.17) is 11.6 Å². The van der Waals surface area contributed by atoms with E-state index in [2.05, 4.69) is 0 Å². The molecule has 0 aromatic heterocycles. The fraction of sp³-hybridized carbons (Fsp3) is 0.250. The lowest BCUT2D eigenvalue weighted by molar-refractivity contribution is -0.0328. The molecule has 0 nitrogen and oxygen atoms in total. The quantitative estimate of drug-likeness (QED) is 0.521. The maximum atomic E-state index is 13.0. The molecule has 0 bridgehead atoms. The third-order valence-corrected chi connectivity index (χ3v) is 2.58. The molecule has 0 aliphatic heterocycles. The van der Waals surface area contributed by atoms with Crippen molar-refractivity contribution in [2.24, 2.45) is 0 Å². The highest BCUT2D eigenvalue weighted by atomic mass is 35.5. The van der Waals surface area contributed by atoms with Crippen LogP contribution in [0.4, 0.5) is 17.6 Å². The molecule has 1 rings (SSSR count). The number of halogens is 5. The Labute approximate surface area is 87.2 Å². The molecule has 0 atom stereocenters. The summed E-state index contributed by atoms with van der Waals surface area (Å²) in [6.45, 7) is 1.40. The van der Waals surface area contributed by atoms with Crippen LogP contribution in [0, 0.1) is 12.7 Å². The molecular formula is C8H5ClF4S. The van der Waals surface area contributed by atoms with E-state index in [9.17, 15) is 17.6 Å². The van der Waals surface area contributed by atoms with Crippen molar-refractivity contribution in [2.45, 2.75) is 17.3 Å². The summed E-state index contributed by atoms with van der Waals surface area (Å²) < 4.78 is 48.7. The molecule has 0 aliphatic carbocycles. The van der Waals surface area contributed by atoms with Crippen molar-refractivity contribution in [3.63, 3.8) is 0 Å². The first-order chi connectivity index (χ1) is 6.29. The molecule has 0 aliphatic rings. The summed E-state index contributed by atoms with van der Waals surface area (Å²) in [4.78, 5) is -0.245. The fourth-order valence-electron chi connectivity index (χ4n) is 0.815. The predicted molar refractivity (Wildman–Crippen MR) is 48.1 cm³/mol. The van der Waals surface area contributed by atoms with Crippen molar-refractivity contribution in [1.82, 2.24) is 0 Å². The molecule has 0 heterocycles. The second kappa shape index (κ2) is 3.98. The number of alkyl halides is 3. The molecule has 1 aromatic rings. The Bertz CT molecular complexity index is 325. The van der Waals surface area contributed by atoms with Crippen molar-refractivity contribution < 1.29 is 17.6 Å². The summed E-state index contributed by atoms with van der Waals surface area (Å²) >= 11 is 5.14. The van der Waals surface area contributed by atoms with Crippen molar-refractivity contribution in [3.05, 3.63) is 28.5 Å². The van der Waals surface area contributed by atoms with Crippen LogP contribution in [-0.4, -0.2) is 5.51 Å². The van der Waals surface area contributed by atoms with E-state index < -0.39 is 11.3 Å². The maximum absolute atomic E-state index is 13.0. The highest BCUT2D eigenvalue weighted by Crippen LogP contribution is 2.38. The van der Waals surface area contributed by atoms with Gasteiger partial charge in [0, 0.05) is 15.5 Å². The molecule has 78 valence electrons. The minimum Gasteiger partial charge on any atom is -0.207 e. The van der Waals surface area contributed by atoms with Crippen LogP contribution in [0.15, 0.2) is 17.0 Å². The van der Waals surface area contributed by atoms with Crippen LogP contribution in [0.1, 0.15) is 5.56 Å². The predicted octanol–water partition coefficient (Wildman–Crippen LogP) is 4.40. The van der Waals surface area contributed by atoms with Crippen molar-refractivity contribution >= 4 is 23.4 Å². The normalized spacial score (nSPS) is 11.9. The van der Waals surface area contributed by atoms with Gasteiger partial charge in [-0.25, -0.2) is 4.39 Å². The van der Waals surface area contributed by atoms with Gasteiger partial charge in [-0.15, -0.1) is 0 Å².